The van der Waals surface area contributed by atoms with Gasteiger partial charge in [0, 0.05) is 45.2 Å². The number of thiazole rings is 1. The molecular formula is C22H22N6O2S. The Hall–Kier alpha value is -3.33. The number of aryl methyl sites for hydroxylation is 1. The molecule has 0 atom stereocenters. The van der Waals surface area contributed by atoms with Crippen LogP contribution in [0.2, 0.25) is 0 Å². The first-order chi connectivity index (χ1) is 15.2. The molecule has 1 N–H and O–H groups in total. The SMILES string of the molecule is O=C(CCCc1nc2ccccc2c(=O)[nH]1)N1CCN(c2nc3cccnc3s2)CC1. The predicted octanol–water partition coefficient (Wildman–Crippen LogP) is 2.60. The minimum Gasteiger partial charge on any atom is -0.344 e. The molecule has 1 aromatic carbocycles. The van der Waals surface area contributed by atoms with E-state index in [0.717, 1.165) is 28.6 Å². The number of aromatic nitrogens is 4. The lowest BCUT2D eigenvalue weighted by Gasteiger charge is -2.34. The van der Waals surface area contributed by atoms with E-state index in [1.54, 1.807) is 23.6 Å². The van der Waals surface area contributed by atoms with Crippen LogP contribution < -0.4 is 10.5 Å². The largest absolute Gasteiger partial charge is 0.344 e. The number of carbonyl (C=O) groups is 1. The number of amides is 1. The van der Waals surface area contributed by atoms with Crippen LogP contribution in [0.3, 0.4) is 0 Å². The summed E-state index contributed by atoms with van der Waals surface area (Å²) in [4.78, 5) is 46.2. The van der Waals surface area contributed by atoms with Crippen molar-refractivity contribution in [3.63, 3.8) is 0 Å². The summed E-state index contributed by atoms with van der Waals surface area (Å²) in [6.07, 6.45) is 3.46. The molecule has 3 aromatic heterocycles. The van der Waals surface area contributed by atoms with Crippen molar-refractivity contribution in [1.82, 2.24) is 24.8 Å². The number of benzene rings is 1. The Morgan fingerprint density at radius 3 is 2.68 bits per heavy atom. The van der Waals surface area contributed by atoms with Gasteiger partial charge < -0.3 is 14.8 Å². The van der Waals surface area contributed by atoms with E-state index in [1.807, 2.05) is 35.2 Å². The predicted molar refractivity (Wildman–Crippen MR) is 122 cm³/mol. The van der Waals surface area contributed by atoms with Crippen LogP contribution in [0.1, 0.15) is 18.7 Å². The molecule has 158 valence electrons. The molecule has 0 saturated carbocycles. The first kappa shape index (κ1) is 19.6. The summed E-state index contributed by atoms with van der Waals surface area (Å²) in [5.74, 6) is 0.777. The standard InChI is InChI=1S/C22H22N6O2S/c29-19(9-3-8-18-24-16-6-2-1-5-15(16)20(30)26-18)27-11-13-28(14-12-27)22-25-17-7-4-10-23-21(17)31-22/h1-2,4-7,10H,3,8-9,11-14H2,(H,24,26,30). The van der Waals surface area contributed by atoms with Crippen LogP contribution in [-0.4, -0.2) is 56.9 Å². The zero-order valence-electron chi connectivity index (χ0n) is 17.0. The van der Waals surface area contributed by atoms with Gasteiger partial charge in [0.25, 0.3) is 5.56 Å². The Morgan fingerprint density at radius 1 is 1.03 bits per heavy atom. The van der Waals surface area contributed by atoms with Crippen LogP contribution in [0, 0.1) is 0 Å². The van der Waals surface area contributed by atoms with E-state index in [-0.39, 0.29) is 11.5 Å². The van der Waals surface area contributed by atoms with E-state index >= 15 is 0 Å². The van der Waals surface area contributed by atoms with Crippen molar-refractivity contribution < 1.29 is 4.79 Å². The highest BCUT2D eigenvalue weighted by molar-refractivity contribution is 7.21. The van der Waals surface area contributed by atoms with Gasteiger partial charge in [-0.25, -0.2) is 15.0 Å². The second-order valence-corrected chi connectivity index (χ2v) is 8.53. The van der Waals surface area contributed by atoms with Crippen LogP contribution in [0.4, 0.5) is 5.13 Å². The van der Waals surface area contributed by atoms with E-state index in [9.17, 15) is 9.59 Å². The smallest absolute Gasteiger partial charge is 0.258 e. The number of nitrogens with one attached hydrogen (secondary N) is 1. The second-order valence-electron chi connectivity index (χ2n) is 7.58. The lowest BCUT2D eigenvalue weighted by Crippen LogP contribution is -2.48. The molecule has 1 amide bonds. The third-order valence-corrected chi connectivity index (χ3v) is 6.56. The summed E-state index contributed by atoms with van der Waals surface area (Å²) in [5, 5.41) is 1.55. The number of pyridine rings is 1. The summed E-state index contributed by atoms with van der Waals surface area (Å²) >= 11 is 1.59. The zero-order valence-corrected chi connectivity index (χ0v) is 17.8. The van der Waals surface area contributed by atoms with Gasteiger partial charge in [-0.05, 0) is 30.7 Å². The number of carbonyl (C=O) groups excluding carboxylic acids is 1. The molecule has 1 fully saturated rings. The molecule has 4 aromatic rings. The van der Waals surface area contributed by atoms with Gasteiger partial charge in [-0.1, -0.05) is 23.5 Å². The molecular weight excluding hydrogens is 412 g/mol. The van der Waals surface area contributed by atoms with Crippen molar-refractivity contribution in [1.29, 1.82) is 0 Å². The number of H-pyrrole nitrogens is 1. The summed E-state index contributed by atoms with van der Waals surface area (Å²) < 4.78 is 0. The number of para-hydroxylation sites is 1. The highest BCUT2D eigenvalue weighted by atomic mass is 32.1. The van der Waals surface area contributed by atoms with Gasteiger partial charge in [-0.3, -0.25) is 9.59 Å². The number of fused-ring (bicyclic) bond motifs is 2. The van der Waals surface area contributed by atoms with Crippen LogP contribution in [0.5, 0.6) is 0 Å². The van der Waals surface area contributed by atoms with Crippen molar-refractivity contribution in [3.05, 3.63) is 58.8 Å². The first-order valence-electron chi connectivity index (χ1n) is 10.4. The average Bonchev–Trinajstić information content (AvgIpc) is 3.23. The minimum atomic E-state index is -0.131. The monoisotopic (exact) mass is 434 g/mol. The van der Waals surface area contributed by atoms with E-state index in [2.05, 4.69) is 24.8 Å². The van der Waals surface area contributed by atoms with Crippen LogP contribution in [0.15, 0.2) is 47.4 Å². The number of hydrogen-bond donors (Lipinski definition) is 1. The fourth-order valence-electron chi connectivity index (χ4n) is 3.86. The fraction of sp³-hybridized carbons (Fsp3) is 0.318. The molecule has 9 heteroatoms. The first-order valence-corrected chi connectivity index (χ1v) is 11.2. The van der Waals surface area contributed by atoms with E-state index < -0.39 is 0 Å². The number of anilines is 1. The van der Waals surface area contributed by atoms with Gasteiger partial charge in [-0.2, -0.15) is 0 Å². The summed E-state index contributed by atoms with van der Waals surface area (Å²) in [7, 11) is 0. The lowest BCUT2D eigenvalue weighted by molar-refractivity contribution is -0.131. The van der Waals surface area contributed by atoms with Crippen molar-refractivity contribution in [2.75, 3.05) is 31.1 Å². The molecule has 31 heavy (non-hydrogen) atoms. The van der Waals surface area contributed by atoms with E-state index in [1.165, 1.54) is 0 Å². The normalized spacial score (nSPS) is 14.5. The quantitative estimate of drug-likeness (QED) is 0.519. The highest BCUT2D eigenvalue weighted by Crippen LogP contribution is 2.27. The van der Waals surface area contributed by atoms with Crippen molar-refractivity contribution in [2.24, 2.45) is 0 Å². The molecule has 0 aliphatic carbocycles. The Bertz CT molecular complexity index is 1260. The van der Waals surface area contributed by atoms with Crippen LogP contribution in [-0.2, 0) is 11.2 Å². The average molecular weight is 435 g/mol. The minimum absolute atomic E-state index is 0.131. The molecule has 1 aliphatic rings. The molecule has 0 spiro atoms. The molecule has 0 bridgehead atoms. The highest BCUT2D eigenvalue weighted by Gasteiger charge is 2.23. The number of rotatable bonds is 5. The van der Waals surface area contributed by atoms with Crippen LogP contribution in [0.25, 0.3) is 21.3 Å². The second kappa shape index (κ2) is 8.43. The Kier molecular flexibility index (Phi) is 5.33. The van der Waals surface area contributed by atoms with E-state index in [4.69, 9.17) is 0 Å². The lowest BCUT2D eigenvalue weighted by atomic mass is 10.2. The van der Waals surface area contributed by atoms with Crippen molar-refractivity contribution >= 4 is 43.6 Å². The zero-order chi connectivity index (χ0) is 21.2. The fourth-order valence-corrected chi connectivity index (χ4v) is 4.82. The molecule has 1 aliphatic heterocycles. The maximum atomic E-state index is 12.6. The molecule has 8 nitrogen and oxygen atoms in total. The summed E-state index contributed by atoms with van der Waals surface area (Å²) in [5.41, 5.74) is 1.48. The van der Waals surface area contributed by atoms with Crippen molar-refractivity contribution in [2.45, 2.75) is 19.3 Å². The maximum Gasteiger partial charge on any atom is 0.258 e. The maximum absolute atomic E-state index is 12.6. The van der Waals surface area contributed by atoms with Crippen molar-refractivity contribution in [3.8, 4) is 0 Å². The van der Waals surface area contributed by atoms with Gasteiger partial charge in [0.1, 0.15) is 16.2 Å². The topological polar surface area (TPSA) is 95.1 Å². The number of nitrogens with zero attached hydrogens (tertiary/aromatic N) is 5. The Labute approximate surface area is 182 Å². The summed E-state index contributed by atoms with van der Waals surface area (Å²) in [6.45, 7) is 2.91. The molecule has 0 unspecified atom stereocenters. The molecule has 4 heterocycles. The van der Waals surface area contributed by atoms with Gasteiger partial charge in [0.2, 0.25) is 5.91 Å². The number of piperazine rings is 1. The Morgan fingerprint density at radius 2 is 1.84 bits per heavy atom. The molecule has 1 saturated heterocycles. The number of hydrogen-bond acceptors (Lipinski definition) is 7. The Balaban J connectivity index is 1.14. The van der Waals surface area contributed by atoms with Gasteiger partial charge in [0.05, 0.1) is 10.9 Å². The van der Waals surface area contributed by atoms with Gasteiger partial charge >= 0.3 is 0 Å². The van der Waals surface area contributed by atoms with E-state index in [0.29, 0.717) is 49.1 Å². The molecule has 5 rings (SSSR count). The van der Waals surface area contributed by atoms with Crippen LogP contribution >= 0.6 is 11.3 Å². The van der Waals surface area contributed by atoms with Gasteiger partial charge in [0.15, 0.2) is 5.13 Å². The van der Waals surface area contributed by atoms with Gasteiger partial charge in [-0.15, -0.1) is 0 Å². The molecule has 0 radical (unpaired) electrons. The summed E-state index contributed by atoms with van der Waals surface area (Å²) in [6, 6.07) is 11.2. The third kappa shape index (κ3) is 4.13. The number of aromatic amines is 1. The third-order valence-electron chi connectivity index (χ3n) is 5.52.